The molecule has 0 atom stereocenters. The van der Waals surface area contributed by atoms with Crippen LogP contribution in [0.25, 0.3) is 5.65 Å². The topological polar surface area (TPSA) is 30.2 Å². The Morgan fingerprint density at radius 3 is 2.65 bits per heavy atom. The Morgan fingerprint density at radius 1 is 1.15 bits per heavy atom. The van der Waals surface area contributed by atoms with E-state index in [1.807, 2.05) is 4.40 Å². The maximum Gasteiger partial charge on any atom is 0.196 e. The quantitative estimate of drug-likeness (QED) is 0.658. The summed E-state index contributed by atoms with van der Waals surface area (Å²) in [5, 5.41) is 10.1. The van der Waals surface area contributed by atoms with Gasteiger partial charge in [0.15, 0.2) is 10.8 Å². The average molecular weight is 324 g/mol. The van der Waals surface area contributed by atoms with Crippen molar-refractivity contribution >= 4 is 40.6 Å². The van der Waals surface area contributed by atoms with Gasteiger partial charge >= 0.3 is 0 Å². The molecule has 3 nitrogen and oxygen atoms in total. The summed E-state index contributed by atoms with van der Waals surface area (Å²) in [5.41, 5.74) is 3.12. The molecule has 1 aromatic carbocycles. The van der Waals surface area contributed by atoms with Crippen LogP contribution in [0, 0.1) is 6.92 Å². The largest absolute Gasteiger partial charge is 0.275 e. The van der Waals surface area contributed by atoms with Crippen LogP contribution in [-0.2, 0) is 5.75 Å². The summed E-state index contributed by atoms with van der Waals surface area (Å²) >= 11 is 13.7. The van der Waals surface area contributed by atoms with E-state index < -0.39 is 0 Å². The summed E-state index contributed by atoms with van der Waals surface area (Å²) in [5.74, 6) is 0.825. The SMILES string of the molecule is Cc1ccc(CSc2nnc3c(Cl)cc(Cl)cn23)cc1. The minimum absolute atomic E-state index is 0.507. The smallest absolute Gasteiger partial charge is 0.196 e. The van der Waals surface area contributed by atoms with Crippen LogP contribution in [0.3, 0.4) is 0 Å². The number of hydrogen-bond donors (Lipinski definition) is 0. The number of aromatic nitrogens is 3. The van der Waals surface area contributed by atoms with E-state index in [1.165, 1.54) is 11.1 Å². The fourth-order valence-corrected chi connectivity index (χ4v) is 3.21. The highest BCUT2D eigenvalue weighted by Gasteiger charge is 2.10. The Bertz CT molecular complexity index is 753. The van der Waals surface area contributed by atoms with Crippen molar-refractivity contribution in [1.82, 2.24) is 14.6 Å². The molecule has 102 valence electrons. The molecular formula is C14H11Cl2N3S. The van der Waals surface area contributed by atoms with Gasteiger partial charge in [0.05, 0.1) is 10.0 Å². The van der Waals surface area contributed by atoms with E-state index in [0.29, 0.717) is 15.7 Å². The van der Waals surface area contributed by atoms with Crippen LogP contribution in [-0.4, -0.2) is 14.6 Å². The predicted molar refractivity (Wildman–Crippen MR) is 83.7 cm³/mol. The van der Waals surface area contributed by atoms with Gasteiger partial charge in [0, 0.05) is 11.9 Å². The molecule has 6 heteroatoms. The zero-order valence-electron chi connectivity index (χ0n) is 10.7. The average Bonchev–Trinajstić information content (AvgIpc) is 2.81. The molecule has 0 saturated heterocycles. The molecule has 0 N–H and O–H groups in total. The zero-order chi connectivity index (χ0) is 14.1. The molecule has 0 unspecified atom stereocenters. The number of nitrogens with zero attached hydrogens (tertiary/aromatic N) is 3. The van der Waals surface area contributed by atoms with Crippen molar-refractivity contribution in [3.8, 4) is 0 Å². The molecule has 3 aromatic rings. The van der Waals surface area contributed by atoms with Crippen molar-refractivity contribution in [3.63, 3.8) is 0 Å². The number of thioether (sulfide) groups is 1. The molecule has 0 spiro atoms. The zero-order valence-corrected chi connectivity index (χ0v) is 13.0. The molecule has 0 saturated carbocycles. The van der Waals surface area contributed by atoms with E-state index in [2.05, 4.69) is 41.4 Å². The van der Waals surface area contributed by atoms with E-state index in [9.17, 15) is 0 Å². The van der Waals surface area contributed by atoms with Crippen LogP contribution in [0.2, 0.25) is 10.0 Å². The molecule has 0 aliphatic carbocycles. The minimum Gasteiger partial charge on any atom is -0.275 e. The van der Waals surface area contributed by atoms with Crippen molar-refractivity contribution in [2.45, 2.75) is 17.8 Å². The third kappa shape index (κ3) is 2.77. The number of halogens is 2. The highest BCUT2D eigenvalue weighted by atomic mass is 35.5. The fraction of sp³-hybridized carbons (Fsp3) is 0.143. The Kier molecular flexibility index (Phi) is 3.87. The Balaban J connectivity index is 1.86. The van der Waals surface area contributed by atoms with Gasteiger partial charge in [-0.2, -0.15) is 0 Å². The Morgan fingerprint density at radius 2 is 1.90 bits per heavy atom. The molecule has 0 bridgehead atoms. The van der Waals surface area contributed by atoms with Crippen molar-refractivity contribution in [1.29, 1.82) is 0 Å². The monoisotopic (exact) mass is 323 g/mol. The first-order chi connectivity index (χ1) is 9.63. The molecule has 0 radical (unpaired) electrons. The summed E-state index contributed by atoms with van der Waals surface area (Å²) in [4.78, 5) is 0. The molecule has 20 heavy (non-hydrogen) atoms. The molecule has 0 aliphatic rings. The van der Waals surface area contributed by atoms with E-state index in [1.54, 1.807) is 24.0 Å². The number of rotatable bonds is 3. The molecule has 3 rings (SSSR count). The van der Waals surface area contributed by atoms with Crippen molar-refractivity contribution in [2.75, 3.05) is 0 Å². The first-order valence-corrected chi connectivity index (χ1v) is 7.76. The first kappa shape index (κ1) is 13.7. The third-order valence-corrected chi connectivity index (χ3v) is 4.38. The van der Waals surface area contributed by atoms with Gasteiger partial charge in [0.1, 0.15) is 0 Å². The van der Waals surface area contributed by atoms with Gasteiger partial charge in [-0.3, -0.25) is 4.40 Å². The molecular weight excluding hydrogens is 313 g/mol. The van der Waals surface area contributed by atoms with Crippen molar-refractivity contribution < 1.29 is 0 Å². The third-order valence-electron chi connectivity index (χ3n) is 2.88. The van der Waals surface area contributed by atoms with Crippen LogP contribution < -0.4 is 0 Å². The van der Waals surface area contributed by atoms with Gasteiger partial charge < -0.3 is 0 Å². The van der Waals surface area contributed by atoms with Crippen LogP contribution in [0.5, 0.6) is 0 Å². The van der Waals surface area contributed by atoms with Crippen molar-refractivity contribution in [2.24, 2.45) is 0 Å². The van der Waals surface area contributed by atoms with Crippen molar-refractivity contribution in [3.05, 3.63) is 57.7 Å². The molecule has 0 amide bonds. The molecule has 0 fully saturated rings. The number of pyridine rings is 1. The highest BCUT2D eigenvalue weighted by Crippen LogP contribution is 2.27. The second-order valence-electron chi connectivity index (χ2n) is 4.46. The summed E-state index contributed by atoms with van der Waals surface area (Å²) in [6.45, 7) is 2.08. The van der Waals surface area contributed by atoms with Crippen LogP contribution in [0.4, 0.5) is 0 Å². The highest BCUT2D eigenvalue weighted by molar-refractivity contribution is 7.98. The lowest BCUT2D eigenvalue weighted by atomic mass is 10.2. The summed E-state index contributed by atoms with van der Waals surface area (Å²) < 4.78 is 1.82. The number of fused-ring (bicyclic) bond motifs is 1. The fourth-order valence-electron chi connectivity index (χ4n) is 1.83. The van der Waals surface area contributed by atoms with E-state index in [-0.39, 0.29) is 0 Å². The van der Waals surface area contributed by atoms with E-state index >= 15 is 0 Å². The lowest BCUT2D eigenvalue weighted by molar-refractivity contribution is 0.921. The van der Waals surface area contributed by atoms with Crippen LogP contribution >= 0.6 is 35.0 Å². The van der Waals surface area contributed by atoms with Gasteiger partial charge in [-0.1, -0.05) is 64.8 Å². The molecule has 2 heterocycles. The standard InChI is InChI=1S/C14H11Cl2N3S/c1-9-2-4-10(5-3-9)8-20-14-18-17-13-12(16)6-11(15)7-19(13)14/h2-7H,8H2,1H3. The second kappa shape index (κ2) is 5.64. The first-order valence-electron chi connectivity index (χ1n) is 6.01. The number of hydrogen-bond acceptors (Lipinski definition) is 3. The number of benzene rings is 1. The Hall–Kier alpha value is -1.23. The van der Waals surface area contributed by atoms with Gasteiger partial charge in [0.25, 0.3) is 0 Å². The summed E-state index contributed by atoms with van der Waals surface area (Å²) in [6, 6.07) is 10.1. The molecule has 2 aromatic heterocycles. The van der Waals surface area contributed by atoms with E-state index in [0.717, 1.165) is 10.9 Å². The minimum atomic E-state index is 0.507. The lowest BCUT2D eigenvalue weighted by Crippen LogP contribution is -1.89. The van der Waals surface area contributed by atoms with E-state index in [4.69, 9.17) is 23.2 Å². The maximum absolute atomic E-state index is 6.09. The van der Waals surface area contributed by atoms with Gasteiger partial charge in [-0.05, 0) is 18.6 Å². The normalized spacial score (nSPS) is 11.2. The molecule has 0 aliphatic heterocycles. The van der Waals surface area contributed by atoms with Gasteiger partial charge in [-0.25, -0.2) is 0 Å². The van der Waals surface area contributed by atoms with Crippen LogP contribution in [0.1, 0.15) is 11.1 Å². The second-order valence-corrected chi connectivity index (χ2v) is 6.24. The summed E-state index contributed by atoms with van der Waals surface area (Å²) in [7, 11) is 0. The van der Waals surface area contributed by atoms with Crippen LogP contribution in [0.15, 0.2) is 41.7 Å². The Labute approximate surface area is 130 Å². The summed E-state index contributed by atoms with van der Waals surface area (Å²) in [6.07, 6.45) is 1.78. The van der Waals surface area contributed by atoms with Gasteiger partial charge in [0.2, 0.25) is 0 Å². The predicted octanol–water partition coefficient (Wildman–Crippen LogP) is 4.64. The maximum atomic E-state index is 6.09. The van der Waals surface area contributed by atoms with Gasteiger partial charge in [-0.15, -0.1) is 10.2 Å². The number of aryl methyl sites for hydroxylation is 1. The lowest BCUT2D eigenvalue weighted by Gasteiger charge is -2.02.